The molecule has 1 saturated heterocycles. The number of aromatic nitrogens is 3. The van der Waals surface area contributed by atoms with E-state index < -0.39 is 23.6 Å². The Bertz CT molecular complexity index is 1490. The smallest absolute Gasteiger partial charge is 0.435 e. The standard InChI is InChI=1S/C29H24F4N4O2/c30-23-10-9-21(39-16-19-6-2-1-3-7-19)12-22(23)27(38)36-17-28(18-36)14-20(15-28)37-25(24-8-4-5-11-34-24)13-26(35-37)29(31,32)33/h1-13,20H,14-18H2. The van der Waals surface area contributed by atoms with E-state index in [0.717, 1.165) is 11.6 Å². The third-order valence-corrected chi connectivity index (χ3v) is 7.39. The molecule has 0 bridgehead atoms. The normalized spacial score (nSPS) is 16.6. The monoisotopic (exact) mass is 536 g/mol. The number of pyridine rings is 1. The molecule has 0 radical (unpaired) electrons. The Balaban J connectivity index is 1.12. The van der Waals surface area contributed by atoms with Gasteiger partial charge in [0.2, 0.25) is 0 Å². The zero-order valence-corrected chi connectivity index (χ0v) is 20.7. The van der Waals surface area contributed by atoms with E-state index in [2.05, 4.69) is 10.1 Å². The second-order valence-corrected chi connectivity index (χ2v) is 10.2. The zero-order valence-electron chi connectivity index (χ0n) is 20.7. The van der Waals surface area contributed by atoms with Crippen LogP contribution in [-0.4, -0.2) is 38.7 Å². The van der Waals surface area contributed by atoms with Crippen molar-refractivity contribution in [3.63, 3.8) is 0 Å². The summed E-state index contributed by atoms with van der Waals surface area (Å²) in [4.78, 5) is 18.9. The van der Waals surface area contributed by atoms with Crippen LogP contribution in [0, 0.1) is 11.2 Å². The number of hydrogen-bond acceptors (Lipinski definition) is 4. The summed E-state index contributed by atoms with van der Waals surface area (Å²) in [6.07, 6.45) is -1.91. The summed E-state index contributed by atoms with van der Waals surface area (Å²) >= 11 is 0. The molecular formula is C29H24F4N4O2. The highest BCUT2D eigenvalue weighted by molar-refractivity contribution is 5.95. The van der Waals surface area contributed by atoms with E-state index in [9.17, 15) is 22.4 Å². The summed E-state index contributed by atoms with van der Waals surface area (Å²) in [5, 5.41) is 3.87. The van der Waals surface area contributed by atoms with E-state index >= 15 is 0 Å². The number of carbonyl (C=O) groups excluding carboxylic acids is 1. The molecule has 6 nitrogen and oxygen atoms in total. The topological polar surface area (TPSA) is 60.2 Å². The lowest BCUT2D eigenvalue weighted by molar-refractivity contribution is -0.142. The molecule has 1 aliphatic heterocycles. The van der Waals surface area contributed by atoms with Gasteiger partial charge < -0.3 is 9.64 Å². The number of halogens is 4. The number of rotatable bonds is 6. The van der Waals surface area contributed by atoms with Gasteiger partial charge in [0.15, 0.2) is 5.69 Å². The number of hydrogen-bond donors (Lipinski definition) is 0. The van der Waals surface area contributed by atoms with Crippen LogP contribution in [0.4, 0.5) is 17.6 Å². The molecule has 39 heavy (non-hydrogen) atoms. The van der Waals surface area contributed by atoms with Crippen molar-refractivity contribution in [2.45, 2.75) is 31.7 Å². The highest BCUT2D eigenvalue weighted by Gasteiger charge is 2.55. The lowest BCUT2D eigenvalue weighted by atomic mass is 9.60. The highest BCUT2D eigenvalue weighted by Crippen LogP contribution is 2.55. The van der Waals surface area contributed by atoms with Crippen LogP contribution in [-0.2, 0) is 12.8 Å². The van der Waals surface area contributed by atoms with Gasteiger partial charge in [0, 0.05) is 24.7 Å². The minimum absolute atomic E-state index is 0.0642. The van der Waals surface area contributed by atoms with E-state index in [1.165, 1.54) is 29.1 Å². The maximum Gasteiger partial charge on any atom is 0.435 e. The van der Waals surface area contributed by atoms with Gasteiger partial charge in [-0.1, -0.05) is 36.4 Å². The molecule has 2 aromatic carbocycles. The average Bonchev–Trinajstić information content (AvgIpc) is 3.33. The first-order chi connectivity index (χ1) is 18.7. The average molecular weight is 537 g/mol. The number of amides is 1. The second-order valence-electron chi connectivity index (χ2n) is 10.2. The minimum atomic E-state index is -4.57. The first kappa shape index (κ1) is 25.1. The predicted molar refractivity (Wildman–Crippen MR) is 134 cm³/mol. The SMILES string of the molecule is O=C(c1cc(OCc2ccccc2)ccc1F)N1CC2(CC(n3nc(C(F)(F)F)cc3-c3ccccn3)C2)C1. The van der Waals surface area contributed by atoms with Crippen molar-refractivity contribution >= 4 is 5.91 Å². The van der Waals surface area contributed by atoms with E-state index in [1.54, 1.807) is 23.1 Å². The molecule has 10 heteroatoms. The van der Waals surface area contributed by atoms with Crippen molar-refractivity contribution < 1.29 is 27.1 Å². The Morgan fingerprint density at radius 3 is 2.44 bits per heavy atom. The first-order valence-corrected chi connectivity index (χ1v) is 12.5. The second kappa shape index (κ2) is 9.52. The van der Waals surface area contributed by atoms with Crippen LogP contribution in [0.25, 0.3) is 11.4 Å². The lowest BCUT2D eigenvalue weighted by Crippen LogP contribution is -2.64. The molecule has 6 rings (SSSR count). The molecule has 0 N–H and O–H groups in total. The molecule has 4 aromatic rings. The van der Waals surface area contributed by atoms with Gasteiger partial charge in [0.1, 0.15) is 18.2 Å². The van der Waals surface area contributed by atoms with Gasteiger partial charge in [0.25, 0.3) is 5.91 Å². The molecule has 2 fully saturated rings. The fourth-order valence-electron chi connectivity index (χ4n) is 5.46. The molecule has 0 atom stereocenters. The number of nitrogens with zero attached hydrogens (tertiary/aromatic N) is 4. The lowest BCUT2D eigenvalue weighted by Gasteiger charge is -2.59. The molecule has 3 heterocycles. The third kappa shape index (κ3) is 4.86. The highest BCUT2D eigenvalue weighted by atomic mass is 19.4. The molecular weight excluding hydrogens is 512 g/mol. The largest absolute Gasteiger partial charge is 0.489 e. The maximum absolute atomic E-state index is 14.6. The van der Waals surface area contributed by atoms with Crippen molar-refractivity contribution in [3.05, 3.63) is 102 Å². The Kier molecular flexibility index (Phi) is 6.12. The number of ether oxygens (including phenoxy) is 1. The molecule has 1 amide bonds. The summed E-state index contributed by atoms with van der Waals surface area (Å²) in [5.41, 5.74) is 0.431. The Hall–Kier alpha value is -4.21. The quantitative estimate of drug-likeness (QED) is 0.277. The summed E-state index contributed by atoms with van der Waals surface area (Å²) in [6.45, 7) is 1.10. The fourth-order valence-corrected chi connectivity index (χ4v) is 5.46. The van der Waals surface area contributed by atoms with Crippen molar-refractivity contribution in [3.8, 4) is 17.1 Å². The van der Waals surface area contributed by atoms with Crippen LogP contribution in [0.3, 0.4) is 0 Å². The van der Waals surface area contributed by atoms with Gasteiger partial charge in [-0.15, -0.1) is 0 Å². The zero-order chi connectivity index (χ0) is 27.2. The van der Waals surface area contributed by atoms with Crippen molar-refractivity contribution in [1.82, 2.24) is 19.7 Å². The molecule has 2 aliphatic rings. The Labute approximate surface area is 221 Å². The van der Waals surface area contributed by atoms with Gasteiger partial charge >= 0.3 is 6.18 Å². The van der Waals surface area contributed by atoms with Crippen LogP contribution in [0.5, 0.6) is 5.75 Å². The molecule has 0 unspecified atom stereocenters. The van der Waals surface area contributed by atoms with Gasteiger partial charge in [-0.25, -0.2) is 4.39 Å². The number of benzene rings is 2. The summed E-state index contributed by atoms with van der Waals surface area (Å²) in [7, 11) is 0. The third-order valence-electron chi connectivity index (χ3n) is 7.39. The summed E-state index contributed by atoms with van der Waals surface area (Å²) in [6, 6.07) is 19.5. The Morgan fingerprint density at radius 2 is 1.74 bits per heavy atom. The van der Waals surface area contributed by atoms with E-state index in [4.69, 9.17) is 4.74 Å². The number of likely N-dealkylation sites (tertiary alicyclic amines) is 1. The minimum Gasteiger partial charge on any atom is -0.489 e. The predicted octanol–water partition coefficient (Wildman–Crippen LogP) is 6.16. The molecule has 1 aliphatic carbocycles. The summed E-state index contributed by atoms with van der Waals surface area (Å²) in [5.74, 6) is -0.668. The fraction of sp³-hybridized carbons (Fsp3) is 0.276. The van der Waals surface area contributed by atoms with Crippen LogP contribution < -0.4 is 4.74 Å². The maximum atomic E-state index is 14.6. The molecule has 2 aromatic heterocycles. The molecule has 1 spiro atoms. The van der Waals surface area contributed by atoms with Crippen LogP contribution in [0.1, 0.15) is 40.5 Å². The van der Waals surface area contributed by atoms with Gasteiger partial charge in [-0.2, -0.15) is 18.3 Å². The van der Waals surface area contributed by atoms with Crippen molar-refractivity contribution in [1.29, 1.82) is 0 Å². The summed E-state index contributed by atoms with van der Waals surface area (Å²) < 4.78 is 62.0. The number of carbonyl (C=O) groups is 1. The van der Waals surface area contributed by atoms with E-state index in [-0.39, 0.29) is 23.6 Å². The van der Waals surface area contributed by atoms with Crippen molar-refractivity contribution in [2.75, 3.05) is 13.1 Å². The van der Waals surface area contributed by atoms with Gasteiger partial charge in [-0.05, 0) is 54.8 Å². The van der Waals surface area contributed by atoms with Gasteiger partial charge in [0.05, 0.1) is 23.0 Å². The van der Waals surface area contributed by atoms with Crippen LogP contribution in [0.2, 0.25) is 0 Å². The van der Waals surface area contributed by atoms with Gasteiger partial charge in [-0.3, -0.25) is 14.5 Å². The van der Waals surface area contributed by atoms with E-state index in [0.29, 0.717) is 43.1 Å². The number of alkyl halides is 3. The Morgan fingerprint density at radius 1 is 1.00 bits per heavy atom. The van der Waals surface area contributed by atoms with Crippen LogP contribution >= 0.6 is 0 Å². The van der Waals surface area contributed by atoms with Crippen molar-refractivity contribution in [2.24, 2.45) is 5.41 Å². The molecule has 200 valence electrons. The van der Waals surface area contributed by atoms with E-state index in [1.807, 2.05) is 30.3 Å². The molecule has 1 saturated carbocycles. The van der Waals surface area contributed by atoms with Crippen LogP contribution in [0.15, 0.2) is 79.0 Å². The first-order valence-electron chi connectivity index (χ1n) is 12.5.